The first-order chi connectivity index (χ1) is 10.2. The van der Waals surface area contributed by atoms with Crippen LogP contribution < -0.4 is 5.32 Å². The highest BCUT2D eigenvalue weighted by atomic mass is 16.7. The van der Waals surface area contributed by atoms with E-state index in [4.69, 9.17) is 14.2 Å². The third-order valence-electron chi connectivity index (χ3n) is 2.77. The molecule has 0 atom stereocenters. The summed E-state index contributed by atoms with van der Waals surface area (Å²) in [6.45, 7) is 7.17. The van der Waals surface area contributed by atoms with Crippen molar-refractivity contribution in [3.05, 3.63) is 30.1 Å². The summed E-state index contributed by atoms with van der Waals surface area (Å²) in [5, 5.41) is 2.77. The lowest BCUT2D eigenvalue weighted by atomic mass is 10.1. The second-order valence-corrected chi connectivity index (χ2v) is 4.25. The fraction of sp³-hybridized carbons (Fsp3) is 0.600. The number of nitrogens with zero attached hydrogens (tertiary/aromatic N) is 1. The molecule has 118 valence electrons. The van der Waals surface area contributed by atoms with Crippen molar-refractivity contribution in [2.45, 2.75) is 26.6 Å². The van der Waals surface area contributed by atoms with Gasteiger partial charge in [0, 0.05) is 26.0 Å². The van der Waals surface area contributed by atoms with E-state index >= 15 is 0 Å². The van der Waals surface area contributed by atoms with Crippen LogP contribution >= 0.6 is 0 Å². The summed E-state index contributed by atoms with van der Waals surface area (Å²) in [6.07, 6.45) is 1.67. The molecule has 0 radical (unpaired) electrons. The van der Waals surface area contributed by atoms with Gasteiger partial charge in [-0.15, -0.1) is 0 Å². The maximum Gasteiger partial charge on any atom is 0.246 e. The molecule has 0 saturated heterocycles. The summed E-state index contributed by atoms with van der Waals surface area (Å²) < 4.78 is 16.6. The molecule has 1 rings (SSSR count). The lowest BCUT2D eigenvalue weighted by Gasteiger charge is -2.32. The molecule has 21 heavy (non-hydrogen) atoms. The zero-order valence-electron chi connectivity index (χ0n) is 12.9. The van der Waals surface area contributed by atoms with Gasteiger partial charge in [-0.1, -0.05) is 6.07 Å². The van der Waals surface area contributed by atoms with Gasteiger partial charge in [-0.3, -0.25) is 9.78 Å². The number of aromatic nitrogens is 1. The lowest BCUT2D eigenvalue weighted by Crippen LogP contribution is -2.46. The third kappa shape index (κ3) is 5.41. The van der Waals surface area contributed by atoms with Crippen molar-refractivity contribution in [1.29, 1.82) is 0 Å². The highest BCUT2D eigenvalue weighted by Crippen LogP contribution is 2.25. The highest BCUT2D eigenvalue weighted by Gasteiger charge is 2.35. The van der Waals surface area contributed by atoms with Crippen LogP contribution in [0.2, 0.25) is 0 Å². The number of ether oxygens (including phenoxy) is 3. The van der Waals surface area contributed by atoms with Gasteiger partial charge in [0.15, 0.2) is 0 Å². The molecule has 0 saturated carbocycles. The van der Waals surface area contributed by atoms with Crippen LogP contribution in [0.1, 0.15) is 26.5 Å². The molecule has 0 aliphatic carbocycles. The van der Waals surface area contributed by atoms with Crippen LogP contribution in [-0.2, 0) is 24.8 Å². The summed E-state index contributed by atoms with van der Waals surface area (Å²) in [7, 11) is 0. The molecule has 0 fully saturated rings. The molecule has 0 spiro atoms. The Labute approximate surface area is 125 Å². The number of carbonyl (C=O) groups is 1. The molecule has 0 aliphatic heterocycles. The molecule has 0 unspecified atom stereocenters. The van der Waals surface area contributed by atoms with E-state index in [1.54, 1.807) is 6.20 Å². The maximum absolute atomic E-state index is 11.7. The standard InChI is InChI=1S/C15H24N2O4/c1-4-19-11-14(18)17-12-15(20-5-2,21-6-3)13-9-7-8-10-16-13/h7-10H,4-6,11-12H2,1-3H3,(H,17,18). The Kier molecular flexibility index (Phi) is 7.89. The predicted molar refractivity (Wildman–Crippen MR) is 78.7 cm³/mol. The third-order valence-corrected chi connectivity index (χ3v) is 2.77. The zero-order valence-corrected chi connectivity index (χ0v) is 12.9. The monoisotopic (exact) mass is 296 g/mol. The average molecular weight is 296 g/mol. The zero-order chi connectivity index (χ0) is 15.6. The Balaban J connectivity index is 2.83. The number of hydrogen-bond acceptors (Lipinski definition) is 5. The predicted octanol–water partition coefficient (Wildman–Crippen LogP) is 1.46. The summed E-state index contributed by atoms with van der Waals surface area (Å²) in [5.74, 6) is -1.29. The molecule has 0 aromatic carbocycles. The number of nitrogens with one attached hydrogen (secondary N) is 1. The van der Waals surface area contributed by atoms with Crippen LogP contribution in [0.15, 0.2) is 24.4 Å². The second kappa shape index (κ2) is 9.44. The molecule has 1 aromatic heterocycles. The molecule has 0 bridgehead atoms. The molecule has 1 N–H and O–H groups in total. The largest absolute Gasteiger partial charge is 0.372 e. The topological polar surface area (TPSA) is 69.7 Å². The summed E-state index contributed by atoms with van der Waals surface area (Å²) in [5.41, 5.74) is 0.630. The smallest absolute Gasteiger partial charge is 0.246 e. The van der Waals surface area contributed by atoms with Gasteiger partial charge in [-0.2, -0.15) is 0 Å². The van der Waals surface area contributed by atoms with Crippen molar-refractivity contribution in [1.82, 2.24) is 10.3 Å². The van der Waals surface area contributed by atoms with Gasteiger partial charge in [0.2, 0.25) is 11.7 Å². The van der Waals surface area contributed by atoms with Crippen molar-refractivity contribution in [3.63, 3.8) is 0 Å². The van der Waals surface area contributed by atoms with Crippen molar-refractivity contribution in [3.8, 4) is 0 Å². The van der Waals surface area contributed by atoms with E-state index in [0.29, 0.717) is 25.5 Å². The van der Waals surface area contributed by atoms with Crippen LogP contribution in [0.3, 0.4) is 0 Å². The van der Waals surface area contributed by atoms with Gasteiger partial charge in [0.05, 0.1) is 6.54 Å². The first kappa shape index (κ1) is 17.6. The number of carbonyl (C=O) groups excluding carboxylic acids is 1. The minimum Gasteiger partial charge on any atom is -0.372 e. The van der Waals surface area contributed by atoms with E-state index in [9.17, 15) is 4.79 Å². The average Bonchev–Trinajstić information content (AvgIpc) is 2.52. The van der Waals surface area contributed by atoms with Gasteiger partial charge in [-0.25, -0.2) is 0 Å². The Morgan fingerprint density at radius 1 is 1.19 bits per heavy atom. The normalized spacial score (nSPS) is 11.4. The number of amides is 1. The van der Waals surface area contributed by atoms with Crippen LogP contribution in [-0.4, -0.2) is 43.9 Å². The first-order valence-electron chi connectivity index (χ1n) is 7.22. The van der Waals surface area contributed by atoms with Crippen molar-refractivity contribution >= 4 is 5.91 Å². The Morgan fingerprint density at radius 3 is 2.43 bits per heavy atom. The SMILES string of the molecule is CCOCC(=O)NCC(OCC)(OCC)c1ccccn1. The van der Waals surface area contributed by atoms with E-state index < -0.39 is 5.79 Å². The quantitative estimate of drug-likeness (QED) is 0.662. The molecule has 1 amide bonds. The van der Waals surface area contributed by atoms with Crippen molar-refractivity contribution < 1.29 is 19.0 Å². The van der Waals surface area contributed by atoms with Gasteiger partial charge >= 0.3 is 0 Å². The number of pyridine rings is 1. The van der Waals surface area contributed by atoms with E-state index in [-0.39, 0.29) is 19.1 Å². The Hall–Kier alpha value is -1.50. The van der Waals surface area contributed by atoms with Gasteiger partial charge in [0.1, 0.15) is 12.3 Å². The van der Waals surface area contributed by atoms with Crippen LogP contribution in [0, 0.1) is 0 Å². The van der Waals surface area contributed by atoms with E-state index in [1.165, 1.54) is 0 Å². The van der Waals surface area contributed by atoms with Gasteiger partial charge in [-0.05, 0) is 32.9 Å². The fourth-order valence-electron chi connectivity index (χ4n) is 1.90. The van der Waals surface area contributed by atoms with E-state index in [0.717, 1.165) is 0 Å². The van der Waals surface area contributed by atoms with Crippen LogP contribution in [0.5, 0.6) is 0 Å². The minimum atomic E-state index is -1.08. The first-order valence-corrected chi connectivity index (χ1v) is 7.22. The fourth-order valence-corrected chi connectivity index (χ4v) is 1.90. The van der Waals surface area contributed by atoms with Crippen LogP contribution in [0.4, 0.5) is 0 Å². The molecular formula is C15H24N2O4. The molecular weight excluding hydrogens is 272 g/mol. The molecule has 1 heterocycles. The number of rotatable bonds is 10. The van der Waals surface area contributed by atoms with Crippen molar-refractivity contribution in [2.24, 2.45) is 0 Å². The van der Waals surface area contributed by atoms with Crippen LogP contribution in [0.25, 0.3) is 0 Å². The summed E-state index contributed by atoms with van der Waals surface area (Å²) in [6, 6.07) is 5.50. The molecule has 6 heteroatoms. The Bertz CT molecular complexity index is 405. The maximum atomic E-state index is 11.7. The highest BCUT2D eigenvalue weighted by molar-refractivity contribution is 5.77. The van der Waals surface area contributed by atoms with Gasteiger partial charge < -0.3 is 19.5 Å². The molecule has 0 aliphatic rings. The van der Waals surface area contributed by atoms with E-state index in [2.05, 4.69) is 10.3 Å². The Morgan fingerprint density at radius 2 is 1.90 bits per heavy atom. The van der Waals surface area contributed by atoms with E-state index in [1.807, 2.05) is 39.0 Å². The molecule has 1 aromatic rings. The molecule has 6 nitrogen and oxygen atoms in total. The van der Waals surface area contributed by atoms with Gasteiger partial charge in [0.25, 0.3) is 0 Å². The number of hydrogen-bond donors (Lipinski definition) is 1. The minimum absolute atomic E-state index is 0.0209. The summed E-state index contributed by atoms with van der Waals surface area (Å²) >= 11 is 0. The second-order valence-electron chi connectivity index (χ2n) is 4.25. The summed E-state index contributed by atoms with van der Waals surface area (Å²) in [4.78, 5) is 16.0. The van der Waals surface area contributed by atoms with Crippen molar-refractivity contribution in [2.75, 3.05) is 33.0 Å². The lowest BCUT2D eigenvalue weighted by molar-refractivity contribution is -0.241.